The van der Waals surface area contributed by atoms with Crippen LogP contribution in [-0.4, -0.2) is 19.3 Å². The van der Waals surface area contributed by atoms with Gasteiger partial charge in [0.05, 0.1) is 0 Å². The highest BCUT2D eigenvalue weighted by molar-refractivity contribution is 6.15. The first-order chi connectivity index (χ1) is 3.91. The fraction of sp³-hybridized carbons (Fsp3) is 1.00. The summed E-state index contributed by atoms with van der Waals surface area (Å²) in [5.41, 5.74) is 0. The summed E-state index contributed by atoms with van der Waals surface area (Å²) in [5.74, 6) is 0. The van der Waals surface area contributed by atoms with Crippen molar-refractivity contribution in [3.63, 3.8) is 0 Å². The minimum absolute atomic E-state index is 0.135. The first-order valence-electron chi connectivity index (χ1n) is 3.10. The van der Waals surface area contributed by atoms with Crippen LogP contribution in [0.3, 0.4) is 0 Å². The molecule has 0 fully saturated rings. The molecule has 0 saturated heterocycles. The summed E-state index contributed by atoms with van der Waals surface area (Å²) in [6, 6.07) is 0. The Morgan fingerprint density at radius 3 is 2.75 bits per heavy atom. The Morgan fingerprint density at radius 2 is 2.25 bits per heavy atom. The van der Waals surface area contributed by atoms with Gasteiger partial charge in [-0.25, -0.2) is 0 Å². The third-order valence-electron chi connectivity index (χ3n) is 0.984. The summed E-state index contributed by atoms with van der Waals surface area (Å²) in [6.45, 7) is 2.84. The number of hydrogen-bond acceptors (Lipinski definition) is 2. The highest BCUT2D eigenvalue weighted by Gasteiger charge is 1.84. The topological polar surface area (TPSA) is 29.5 Å². The van der Waals surface area contributed by atoms with Gasteiger partial charge in [-0.15, -0.1) is 0 Å². The molecule has 0 rings (SSSR count). The molecule has 0 aromatic heterocycles. The van der Waals surface area contributed by atoms with Gasteiger partial charge in [-0.05, 0) is 6.42 Å². The Bertz CT molecular complexity index is 35.4. The second-order valence-corrected chi connectivity index (χ2v) is 1.74. The lowest BCUT2D eigenvalue weighted by molar-refractivity contribution is 0.276. The summed E-state index contributed by atoms with van der Waals surface area (Å²) in [6.07, 6.45) is 3.46. The molecule has 0 aromatic carbocycles. The van der Waals surface area contributed by atoms with Gasteiger partial charge in [0.2, 0.25) is 0 Å². The molecule has 0 unspecified atom stereocenters. The highest BCUT2D eigenvalue weighted by atomic mass is 16.5. The van der Waals surface area contributed by atoms with Gasteiger partial charge in [0.25, 0.3) is 0 Å². The van der Waals surface area contributed by atoms with E-state index in [9.17, 15) is 0 Å². The van der Waals surface area contributed by atoms with Gasteiger partial charge >= 0.3 is 7.69 Å². The van der Waals surface area contributed by atoms with Crippen molar-refractivity contribution in [1.29, 1.82) is 0 Å². The maximum atomic E-state index is 8.14. The van der Waals surface area contributed by atoms with Crippen molar-refractivity contribution in [2.45, 2.75) is 26.2 Å². The van der Waals surface area contributed by atoms with E-state index in [2.05, 4.69) is 6.92 Å². The molecule has 0 aliphatic heterocycles. The normalized spacial score (nSPS) is 9.25. The number of rotatable bonds is 5. The largest absolute Gasteiger partial charge is 0.435 e. The van der Waals surface area contributed by atoms with E-state index in [4.69, 9.17) is 9.68 Å². The molecular weight excluding hydrogens is 103 g/mol. The molecule has 48 valence electrons. The molecular formula is C5H13BO2. The lowest BCUT2D eigenvalue weighted by Crippen LogP contribution is -1.98. The SMILES string of the molecule is CCCCCOBO. The maximum Gasteiger partial charge on any atom is 0.435 e. The minimum Gasteiger partial charge on any atom is -0.430 e. The Hall–Kier alpha value is -0.0151. The predicted molar refractivity (Wildman–Crippen MR) is 34.8 cm³/mol. The van der Waals surface area contributed by atoms with Crippen molar-refractivity contribution in [2.24, 2.45) is 0 Å². The monoisotopic (exact) mass is 116 g/mol. The first kappa shape index (κ1) is 7.98. The van der Waals surface area contributed by atoms with E-state index < -0.39 is 0 Å². The average Bonchev–Trinajstić information content (AvgIpc) is 1.81. The van der Waals surface area contributed by atoms with Crippen LogP contribution in [0, 0.1) is 0 Å². The quantitative estimate of drug-likeness (QED) is 0.417. The van der Waals surface area contributed by atoms with Crippen LogP contribution in [0.15, 0.2) is 0 Å². The second kappa shape index (κ2) is 6.98. The van der Waals surface area contributed by atoms with E-state index in [-0.39, 0.29) is 7.69 Å². The summed E-state index contributed by atoms with van der Waals surface area (Å²) in [4.78, 5) is 0. The minimum atomic E-state index is -0.135. The fourth-order valence-electron chi connectivity index (χ4n) is 0.519. The summed E-state index contributed by atoms with van der Waals surface area (Å²) >= 11 is 0. The molecule has 0 bridgehead atoms. The Morgan fingerprint density at radius 1 is 1.50 bits per heavy atom. The van der Waals surface area contributed by atoms with Gasteiger partial charge in [0.1, 0.15) is 0 Å². The maximum absolute atomic E-state index is 8.14. The van der Waals surface area contributed by atoms with Gasteiger partial charge < -0.3 is 9.68 Å². The van der Waals surface area contributed by atoms with Crippen LogP contribution in [0.4, 0.5) is 0 Å². The number of unbranched alkanes of at least 4 members (excludes halogenated alkanes) is 2. The van der Waals surface area contributed by atoms with Gasteiger partial charge in [-0.3, -0.25) is 0 Å². The van der Waals surface area contributed by atoms with Crippen molar-refractivity contribution >= 4 is 7.69 Å². The molecule has 0 saturated carbocycles. The second-order valence-electron chi connectivity index (χ2n) is 1.74. The molecule has 0 atom stereocenters. The molecule has 8 heavy (non-hydrogen) atoms. The van der Waals surface area contributed by atoms with Crippen LogP contribution in [0.25, 0.3) is 0 Å². The van der Waals surface area contributed by atoms with Crippen molar-refractivity contribution in [3.05, 3.63) is 0 Å². The van der Waals surface area contributed by atoms with Crippen molar-refractivity contribution in [2.75, 3.05) is 6.61 Å². The van der Waals surface area contributed by atoms with E-state index in [1.165, 1.54) is 12.8 Å². The zero-order valence-electron chi connectivity index (χ0n) is 5.39. The van der Waals surface area contributed by atoms with E-state index >= 15 is 0 Å². The molecule has 3 heteroatoms. The standard InChI is InChI=1S/C5H13BO2/c1-2-3-4-5-8-6-7/h6-7H,2-5H2,1H3. The van der Waals surface area contributed by atoms with Crippen LogP contribution in [-0.2, 0) is 4.65 Å². The lowest BCUT2D eigenvalue weighted by atomic mass is 10.2. The molecule has 0 aromatic rings. The van der Waals surface area contributed by atoms with Crippen LogP contribution in [0.1, 0.15) is 26.2 Å². The smallest absolute Gasteiger partial charge is 0.430 e. The Kier molecular flexibility index (Phi) is 6.97. The summed E-state index contributed by atoms with van der Waals surface area (Å²) in [5, 5.41) is 8.14. The molecule has 0 aliphatic rings. The zero-order chi connectivity index (χ0) is 6.24. The molecule has 0 spiro atoms. The summed E-state index contributed by atoms with van der Waals surface area (Å²) < 4.78 is 4.69. The number of hydrogen-bond donors (Lipinski definition) is 1. The van der Waals surface area contributed by atoms with Crippen LogP contribution in [0.2, 0.25) is 0 Å². The molecule has 0 aliphatic carbocycles. The first-order valence-corrected chi connectivity index (χ1v) is 3.10. The molecule has 0 amide bonds. The van der Waals surface area contributed by atoms with Gasteiger partial charge in [0, 0.05) is 6.61 Å². The van der Waals surface area contributed by atoms with Crippen LogP contribution in [0.5, 0.6) is 0 Å². The predicted octanol–water partition coefficient (Wildman–Crippen LogP) is 0.452. The molecule has 2 nitrogen and oxygen atoms in total. The molecule has 0 heterocycles. The fourth-order valence-corrected chi connectivity index (χ4v) is 0.519. The third kappa shape index (κ3) is 5.98. The van der Waals surface area contributed by atoms with E-state index in [1.807, 2.05) is 0 Å². The van der Waals surface area contributed by atoms with Crippen LogP contribution < -0.4 is 0 Å². The average molecular weight is 116 g/mol. The van der Waals surface area contributed by atoms with E-state index in [1.54, 1.807) is 0 Å². The Balaban J connectivity index is 2.53. The van der Waals surface area contributed by atoms with E-state index in [0.717, 1.165) is 6.42 Å². The third-order valence-corrected chi connectivity index (χ3v) is 0.984. The van der Waals surface area contributed by atoms with Gasteiger partial charge in [0.15, 0.2) is 0 Å². The van der Waals surface area contributed by atoms with Crippen LogP contribution >= 0.6 is 0 Å². The lowest BCUT2D eigenvalue weighted by Gasteiger charge is -1.95. The summed E-state index contributed by atoms with van der Waals surface area (Å²) in [7, 11) is -0.135. The van der Waals surface area contributed by atoms with Gasteiger partial charge in [-0.2, -0.15) is 0 Å². The Labute approximate surface area is 51.2 Å². The molecule has 1 N–H and O–H groups in total. The van der Waals surface area contributed by atoms with Crippen molar-refractivity contribution in [1.82, 2.24) is 0 Å². The van der Waals surface area contributed by atoms with Gasteiger partial charge in [-0.1, -0.05) is 19.8 Å². The highest BCUT2D eigenvalue weighted by Crippen LogP contribution is 1.92. The zero-order valence-corrected chi connectivity index (χ0v) is 5.39. The van der Waals surface area contributed by atoms with E-state index in [0.29, 0.717) is 6.61 Å². The van der Waals surface area contributed by atoms with Crippen molar-refractivity contribution < 1.29 is 9.68 Å². The molecule has 0 radical (unpaired) electrons. The van der Waals surface area contributed by atoms with Crippen molar-refractivity contribution in [3.8, 4) is 0 Å².